The minimum Gasteiger partial charge on any atom is -0.467 e. The van der Waals surface area contributed by atoms with E-state index in [1.54, 1.807) is 0 Å². The summed E-state index contributed by atoms with van der Waals surface area (Å²) in [5.74, 6) is -0.522. The molecule has 1 fully saturated rings. The summed E-state index contributed by atoms with van der Waals surface area (Å²) in [5, 5.41) is 9.83. The van der Waals surface area contributed by atoms with E-state index in [2.05, 4.69) is 20.8 Å². The fourth-order valence-electron chi connectivity index (χ4n) is 3.03. The smallest absolute Gasteiger partial charge is 0.337 e. The third-order valence-electron chi connectivity index (χ3n) is 4.67. The molecule has 0 radical (unpaired) electrons. The molecule has 0 spiro atoms. The van der Waals surface area contributed by atoms with Crippen LogP contribution in [0, 0.1) is 0 Å². The highest BCUT2D eigenvalue weighted by molar-refractivity contribution is 5.75. The molecule has 0 bridgehead atoms. The minimum atomic E-state index is -0.943. The van der Waals surface area contributed by atoms with Crippen LogP contribution in [-0.2, 0) is 28.5 Å². The van der Waals surface area contributed by atoms with Crippen LogP contribution in [0.5, 0.6) is 0 Å². The lowest BCUT2D eigenvalue weighted by Crippen LogP contribution is -2.63. The molecule has 160 valence electrons. The van der Waals surface area contributed by atoms with Crippen LogP contribution in [0.15, 0.2) is 0 Å². The maximum atomic E-state index is 12.3. The Balaban J connectivity index is 3.03. The van der Waals surface area contributed by atoms with Crippen LogP contribution in [0.3, 0.4) is 0 Å². The number of hydrogen-bond donors (Lipinski definition) is 1. The van der Waals surface area contributed by atoms with E-state index in [-0.39, 0.29) is 6.61 Å². The molecule has 1 N–H and O–H groups in total. The molecule has 0 aromatic rings. The normalized spacial score (nSPS) is 28.3. The molecule has 0 aromatic heterocycles. The maximum Gasteiger partial charge on any atom is 0.337 e. The molecule has 5 atom stereocenters. The number of aliphatic hydroxyl groups is 1. The fourth-order valence-corrected chi connectivity index (χ4v) is 3.03. The van der Waals surface area contributed by atoms with Crippen molar-refractivity contribution >= 4 is 5.97 Å². The third-order valence-corrected chi connectivity index (χ3v) is 4.67. The summed E-state index contributed by atoms with van der Waals surface area (Å²) in [6.07, 6.45) is 2.41. The van der Waals surface area contributed by atoms with Crippen LogP contribution in [-0.4, -0.2) is 75.1 Å². The molecular formula is C20H38O7. The van der Waals surface area contributed by atoms with Gasteiger partial charge in [0.1, 0.15) is 24.4 Å². The second-order valence-electron chi connectivity index (χ2n) is 6.87. The van der Waals surface area contributed by atoms with Gasteiger partial charge in [-0.3, -0.25) is 0 Å². The molecule has 2 unspecified atom stereocenters. The highest BCUT2D eigenvalue weighted by Gasteiger charge is 2.51. The lowest BCUT2D eigenvalue weighted by molar-refractivity contribution is -0.264. The summed E-state index contributed by atoms with van der Waals surface area (Å²) in [6, 6.07) is 0. The number of esters is 1. The van der Waals surface area contributed by atoms with Gasteiger partial charge in [0.05, 0.1) is 13.7 Å². The van der Waals surface area contributed by atoms with Crippen molar-refractivity contribution in [1.29, 1.82) is 0 Å². The van der Waals surface area contributed by atoms with Crippen LogP contribution in [0.1, 0.15) is 59.3 Å². The Bertz CT molecular complexity index is 391. The molecule has 27 heavy (non-hydrogen) atoms. The molecule has 7 nitrogen and oxygen atoms in total. The molecule has 0 aromatic carbocycles. The highest BCUT2D eigenvalue weighted by Crippen LogP contribution is 2.29. The zero-order chi connectivity index (χ0) is 20.1. The van der Waals surface area contributed by atoms with Crippen molar-refractivity contribution in [2.45, 2.75) is 89.8 Å². The summed E-state index contributed by atoms with van der Waals surface area (Å²) in [4.78, 5) is 12.3. The molecule has 1 aliphatic rings. The SMILES string of the molecule is CCCCOC1[C@H](OCCCC)C(C(=O)OC)O[C@@H](CO)[C@H]1OCCCC. The standard InChI is InChI=1S/C20H38O7/c1-5-8-11-24-16-15(14-21)27-19(20(22)23-4)18(26-13-10-7-3)17(16)25-12-9-6-2/h15-19,21H,5-14H2,1-4H3/t15-,16+,17?,18-,19?/m0/s1. The van der Waals surface area contributed by atoms with E-state index in [0.717, 1.165) is 38.5 Å². The Morgan fingerprint density at radius 1 is 0.852 bits per heavy atom. The number of carbonyl (C=O) groups is 1. The van der Waals surface area contributed by atoms with Gasteiger partial charge in [-0.25, -0.2) is 4.79 Å². The van der Waals surface area contributed by atoms with Crippen LogP contribution in [0.2, 0.25) is 0 Å². The molecule has 1 heterocycles. The van der Waals surface area contributed by atoms with Crippen LogP contribution in [0.4, 0.5) is 0 Å². The van der Waals surface area contributed by atoms with Crippen LogP contribution in [0.25, 0.3) is 0 Å². The van der Waals surface area contributed by atoms with Crippen molar-refractivity contribution in [2.24, 2.45) is 0 Å². The molecule has 1 rings (SSSR count). The zero-order valence-corrected chi connectivity index (χ0v) is 17.4. The number of ether oxygens (including phenoxy) is 5. The van der Waals surface area contributed by atoms with Gasteiger partial charge in [0, 0.05) is 19.8 Å². The topological polar surface area (TPSA) is 83.5 Å². The van der Waals surface area contributed by atoms with Gasteiger partial charge in [-0.05, 0) is 19.3 Å². The van der Waals surface area contributed by atoms with E-state index in [0.29, 0.717) is 19.8 Å². The maximum absolute atomic E-state index is 12.3. The van der Waals surface area contributed by atoms with Crippen LogP contribution < -0.4 is 0 Å². The van der Waals surface area contributed by atoms with E-state index in [1.165, 1.54) is 7.11 Å². The van der Waals surface area contributed by atoms with E-state index >= 15 is 0 Å². The van der Waals surface area contributed by atoms with Crippen molar-refractivity contribution in [1.82, 2.24) is 0 Å². The van der Waals surface area contributed by atoms with Gasteiger partial charge >= 0.3 is 5.97 Å². The Kier molecular flexibility index (Phi) is 12.9. The lowest BCUT2D eigenvalue weighted by Gasteiger charge is -2.44. The molecule has 1 aliphatic heterocycles. The van der Waals surface area contributed by atoms with Gasteiger partial charge in [0.25, 0.3) is 0 Å². The first-order valence-electron chi connectivity index (χ1n) is 10.3. The minimum absolute atomic E-state index is 0.264. The first-order chi connectivity index (χ1) is 13.1. The summed E-state index contributed by atoms with van der Waals surface area (Å²) in [7, 11) is 1.32. The molecule has 7 heteroatoms. The summed E-state index contributed by atoms with van der Waals surface area (Å²) in [5.41, 5.74) is 0. The predicted molar refractivity (Wildman–Crippen MR) is 102 cm³/mol. The predicted octanol–water partition coefficient (Wildman–Crippen LogP) is 2.47. The van der Waals surface area contributed by atoms with E-state index in [9.17, 15) is 9.90 Å². The van der Waals surface area contributed by atoms with E-state index in [4.69, 9.17) is 23.7 Å². The van der Waals surface area contributed by atoms with Crippen molar-refractivity contribution in [3.8, 4) is 0 Å². The molecule has 1 saturated heterocycles. The van der Waals surface area contributed by atoms with Gasteiger partial charge in [-0.1, -0.05) is 40.0 Å². The Hall–Kier alpha value is -0.730. The average Bonchev–Trinajstić information content (AvgIpc) is 2.69. The highest BCUT2D eigenvalue weighted by atomic mass is 16.6. The van der Waals surface area contributed by atoms with Gasteiger partial charge in [-0.2, -0.15) is 0 Å². The van der Waals surface area contributed by atoms with Gasteiger partial charge in [0.15, 0.2) is 6.10 Å². The van der Waals surface area contributed by atoms with Crippen LogP contribution >= 0.6 is 0 Å². The lowest BCUT2D eigenvalue weighted by atomic mass is 9.94. The number of methoxy groups -OCH3 is 1. The first kappa shape index (κ1) is 24.3. The van der Waals surface area contributed by atoms with E-state index < -0.39 is 36.5 Å². The second kappa shape index (κ2) is 14.3. The number of hydrogen-bond acceptors (Lipinski definition) is 7. The number of unbranched alkanes of at least 4 members (excludes halogenated alkanes) is 3. The monoisotopic (exact) mass is 390 g/mol. The van der Waals surface area contributed by atoms with Crippen molar-refractivity contribution in [2.75, 3.05) is 33.5 Å². The van der Waals surface area contributed by atoms with Crippen molar-refractivity contribution in [3.05, 3.63) is 0 Å². The zero-order valence-electron chi connectivity index (χ0n) is 17.4. The summed E-state index contributed by atoms with van der Waals surface area (Å²) in [6.45, 7) is 7.56. The second-order valence-corrected chi connectivity index (χ2v) is 6.87. The molecule has 0 aliphatic carbocycles. The third kappa shape index (κ3) is 7.66. The molecule has 0 amide bonds. The van der Waals surface area contributed by atoms with Gasteiger partial charge in [0.2, 0.25) is 0 Å². The number of carbonyl (C=O) groups excluding carboxylic acids is 1. The molecule has 0 saturated carbocycles. The number of aliphatic hydroxyl groups excluding tert-OH is 1. The Morgan fingerprint density at radius 2 is 1.33 bits per heavy atom. The largest absolute Gasteiger partial charge is 0.467 e. The fraction of sp³-hybridized carbons (Fsp3) is 0.950. The van der Waals surface area contributed by atoms with Gasteiger partial charge in [-0.15, -0.1) is 0 Å². The summed E-state index contributed by atoms with van der Waals surface area (Å²) < 4.78 is 28.9. The summed E-state index contributed by atoms with van der Waals surface area (Å²) >= 11 is 0. The van der Waals surface area contributed by atoms with Crippen molar-refractivity contribution < 1.29 is 33.6 Å². The average molecular weight is 391 g/mol. The molecular weight excluding hydrogens is 352 g/mol. The van der Waals surface area contributed by atoms with E-state index in [1.807, 2.05) is 0 Å². The quantitative estimate of drug-likeness (QED) is 0.360. The Morgan fingerprint density at radius 3 is 1.78 bits per heavy atom. The Labute approximate surface area is 163 Å². The number of rotatable bonds is 14. The van der Waals surface area contributed by atoms with Gasteiger partial charge < -0.3 is 28.8 Å². The van der Waals surface area contributed by atoms with Crippen molar-refractivity contribution in [3.63, 3.8) is 0 Å². The first-order valence-corrected chi connectivity index (χ1v) is 10.3.